The molecule has 0 bridgehead atoms. The van der Waals surface area contributed by atoms with Crippen LogP contribution in [0.1, 0.15) is 31.2 Å². The summed E-state index contributed by atoms with van der Waals surface area (Å²) in [6, 6.07) is 7.28. The van der Waals surface area contributed by atoms with Crippen molar-refractivity contribution in [3.63, 3.8) is 0 Å². The fourth-order valence-electron chi connectivity index (χ4n) is 4.08. The van der Waals surface area contributed by atoms with E-state index < -0.39 is 0 Å². The number of thiophene rings is 1. The van der Waals surface area contributed by atoms with Gasteiger partial charge in [0.2, 0.25) is 0 Å². The summed E-state index contributed by atoms with van der Waals surface area (Å²) >= 11 is 1.83. The Labute approximate surface area is 143 Å². The Morgan fingerprint density at radius 2 is 2.35 bits per heavy atom. The van der Waals surface area contributed by atoms with Crippen molar-refractivity contribution in [1.29, 1.82) is 5.26 Å². The average molecular weight is 327 g/mol. The summed E-state index contributed by atoms with van der Waals surface area (Å²) < 4.78 is 0. The summed E-state index contributed by atoms with van der Waals surface area (Å²) in [6.45, 7) is 6.61. The van der Waals surface area contributed by atoms with Gasteiger partial charge in [0.05, 0.1) is 18.0 Å². The van der Waals surface area contributed by atoms with Gasteiger partial charge in [0, 0.05) is 23.0 Å². The zero-order valence-corrected chi connectivity index (χ0v) is 14.9. The van der Waals surface area contributed by atoms with Gasteiger partial charge in [-0.15, -0.1) is 11.3 Å². The van der Waals surface area contributed by atoms with E-state index in [4.69, 9.17) is 0 Å². The van der Waals surface area contributed by atoms with Gasteiger partial charge in [0.1, 0.15) is 0 Å². The Bertz CT molecular complexity index is 636. The predicted octanol–water partition coefficient (Wildman–Crippen LogP) is 3.95. The quantitative estimate of drug-likeness (QED) is 0.890. The lowest BCUT2D eigenvalue weighted by molar-refractivity contribution is 0.223. The van der Waals surface area contributed by atoms with Crippen molar-refractivity contribution in [2.45, 2.75) is 26.3 Å². The molecule has 0 amide bonds. The lowest BCUT2D eigenvalue weighted by Gasteiger charge is -2.32. The summed E-state index contributed by atoms with van der Waals surface area (Å²) in [5, 5.41) is 15.0. The van der Waals surface area contributed by atoms with E-state index in [0.29, 0.717) is 12.0 Å². The third-order valence-electron chi connectivity index (χ3n) is 5.08. The number of likely N-dealkylation sites (tertiary alicyclic amines) is 1. The fraction of sp³-hybridized carbons (Fsp3) is 0.526. The van der Waals surface area contributed by atoms with Gasteiger partial charge in [-0.05, 0) is 43.0 Å². The summed E-state index contributed by atoms with van der Waals surface area (Å²) in [5.41, 5.74) is 1.46. The van der Waals surface area contributed by atoms with E-state index in [0.717, 1.165) is 19.5 Å². The average Bonchev–Trinajstić information content (AvgIpc) is 3.15. The van der Waals surface area contributed by atoms with Gasteiger partial charge in [0.25, 0.3) is 0 Å². The zero-order chi connectivity index (χ0) is 16.4. The lowest BCUT2D eigenvalue weighted by Crippen LogP contribution is -2.29. The first-order valence-electron chi connectivity index (χ1n) is 8.31. The van der Waals surface area contributed by atoms with Crippen LogP contribution in [0.25, 0.3) is 0 Å². The Morgan fingerprint density at radius 1 is 1.52 bits per heavy atom. The molecule has 23 heavy (non-hydrogen) atoms. The Kier molecular flexibility index (Phi) is 4.61. The molecule has 3 nitrogen and oxygen atoms in total. The van der Waals surface area contributed by atoms with Gasteiger partial charge in [-0.2, -0.15) is 5.26 Å². The predicted molar refractivity (Wildman–Crippen MR) is 95.9 cm³/mol. The Balaban J connectivity index is 1.96. The molecule has 122 valence electrons. The van der Waals surface area contributed by atoms with Gasteiger partial charge in [-0.3, -0.25) is 0 Å². The first-order valence-corrected chi connectivity index (χ1v) is 9.19. The molecule has 1 aromatic heterocycles. The molecule has 2 aliphatic rings. The molecule has 1 aliphatic carbocycles. The molecule has 1 saturated heterocycles. The minimum atomic E-state index is -0.0108. The van der Waals surface area contributed by atoms with Gasteiger partial charge in [-0.1, -0.05) is 32.1 Å². The highest BCUT2D eigenvalue weighted by atomic mass is 32.1. The van der Waals surface area contributed by atoms with Gasteiger partial charge in [-0.25, -0.2) is 0 Å². The number of hydrogen-bond donors (Lipinski definition) is 1. The maximum absolute atomic E-state index is 9.57. The van der Waals surface area contributed by atoms with E-state index in [-0.39, 0.29) is 11.3 Å². The molecular formula is C19H25N3S. The molecule has 0 radical (unpaired) electrons. The van der Waals surface area contributed by atoms with E-state index in [9.17, 15) is 5.26 Å². The van der Waals surface area contributed by atoms with Crippen molar-refractivity contribution < 1.29 is 0 Å². The van der Waals surface area contributed by atoms with Gasteiger partial charge in [0.15, 0.2) is 0 Å². The molecule has 0 spiro atoms. The molecule has 1 aliphatic heterocycles. The molecular weight excluding hydrogens is 302 g/mol. The van der Waals surface area contributed by atoms with Crippen molar-refractivity contribution in [1.82, 2.24) is 10.2 Å². The normalized spacial score (nSPS) is 26.5. The highest BCUT2D eigenvalue weighted by molar-refractivity contribution is 7.10. The lowest BCUT2D eigenvalue weighted by atomic mass is 9.72. The van der Waals surface area contributed by atoms with E-state index in [1.165, 1.54) is 10.6 Å². The van der Waals surface area contributed by atoms with Crippen LogP contribution in [0.2, 0.25) is 0 Å². The van der Waals surface area contributed by atoms with Crippen molar-refractivity contribution in [2.24, 2.45) is 17.3 Å². The first-order chi connectivity index (χ1) is 11.1. The van der Waals surface area contributed by atoms with Crippen molar-refractivity contribution in [3.05, 3.63) is 46.3 Å². The molecule has 3 rings (SSSR count). The summed E-state index contributed by atoms with van der Waals surface area (Å²) in [7, 11) is 2.01. The number of nitrogens with one attached hydrogen (secondary N) is 1. The van der Waals surface area contributed by atoms with Crippen LogP contribution in [-0.2, 0) is 0 Å². The van der Waals surface area contributed by atoms with Crippen LogP contribution in [0, 0.1) is 28.6 Å². The largest absolute Gasteiger partial charge is 0.366 e. The van der Waals surface area contributed by atoms with E-state index in [2.05, 4.69) is 65.9 Å². The zero-order valence-electron chi connectivity index (χ0n) is 14.1. The number of rotatable bonds is 5. The minimum Gasteiger partial charge on any atom is -0.366 e. The van der Waals surface area contributed by atoms with Gasteiger partial charge < -0.3 is 10.2 Å². The number of nitrogens with zero attached hydrogens (tertiary/aromatic N) is 2. The molecule has 3 atom stereocenters. The molecule has 1 N–H and O–H groups in total. The van der Waals surface area contributed by atoms with Crippen LogP contribution in [0.5, 0.6) is 0 Å². The van der Waals surface area contributed by atoms with Crippen LogP contribution in [-0.4, -0.2) is 25.0 Å². The smallest absolute Gasteiger partial charge is 0.0735 e. The van der Waals surface area contributed by atoms with Crippen LogP contribution >= 0.6 is 11.3 Å². The molecule has 1 fully saturated rings. The summed E-state index contributed by atoms with van der Waals surface area (Å²) in [5.74, 6) is 0.290. The standard InChI is InChI=1S/C19H25N3S/c1-19(2)13-22(16-7-4-6-14(12-20)18(16)19)15(9-10-21-3)17-8-5-11-23-17/h4-8,11,14-15,18,21H,9-10,13H2,1-3H3. The number of hydrogen-bond acceptors (Lipinski definition) is 4. The van der Waals surface area contributed by atoms with E-state index in [1.54, 1.807) is 0 Å². The van der Waals surface area contributed by atoms with Crippen LogP contribution in [0.3, 0.4) is 0 Å². The molecule has 0 aromatic carbocycles. The van der Waals surface area contributed by atoms with Crippen LogP contribution < -0.4 is 5.32 Å². The highest BCUT2D eigenvalue weighted by Gasteiger charge is 2.49. The summed E-state index contributed by atoms with van der Waals surface area (Å²) in [4.78, 5) is 3.97. The minimum absolute atomic E-state index is 0.0108. The molecule has 0 saturated carbocycles. The number of fused-ring (bicyclic) bond motifs is 1. The van der Waals surface area contributed by atoms with Crippen LogP contribution in [0.15, 0.2) is 41.4 Å². The molecule has 3 unspecified atom stereocenters. The van der Waals surface area contributed by atoms with Crippen molar-refractivity contribution in [3.8, 4) is 6.07 Å². The third kappa shape index (κ3) is 2.96. The second-order valence-corrected chi connectivity index (χ2v) is 8.13. The van der Waals surface area contributed by atoms with Crippen molar-refractivity contribution >= 4 is 11.3 Å². The van der Waals surface area contributed by atoms with Crippen molar-refractivity contribution in [2.75, 3.05) is 20.1 Å². The Hall–Kier alpha value is -1.57. The first kappa shape index (κ1) is 16.3. The van der Waals surface area contributed by atoms with Gasteiger partial charge >= 0.3 is 0 Å². The molecule has 1 aromatic rings. The Morgan fingerprint density at radius 3 is 3.00 bits per heavy atom. The molecule has 4 heteroatoms. The third-order valence-corrected chi connectivity index (χ3v) is 6.05. The topological polar surface area (TPSA) is 39.1 Å². The summed E-state index contributed by atoms with van der Waals surface area (Å²) in [6.07, 6.45) is 7.44. The van der Waals surface area contributed by atoms with Crippen LogP contribution in [0.4, 0.5) is 0 Å². The highest BCUT2D eigenvalue weighted by Crippen LogP contribution is 2.51. The SMILES string of the molecule is CNCCC(c1cccs1)N1CC(C)(C)C2C1=CC=CC2C#N. The van der Waals surface area contributed by atoms with E-state index >= 15 is 0 Å². The number of allylic oxidation sites excluding steroid dienone is 4. The maximum Gasteiger partial charge on any atom is 0.0735 e. The fourth-order valence-corrected chi connectivity index (χ4v) is 4.96. The number of nitriles is 1. The molecule has 2 heterocycles. The monoisotopic (exact) mass is 327 g/mol. The second-order valence-electron chi connectivity index (χ2n) is 7.15. The maximum atomic E-state index is 9.57. The second kappa shape index (κ2) is 6.51. The van der Waals surface area contributed by atoms with E-state index in [1.807, 2.05) is 18.4 Å².